The maximum absolute atomic E-state index is 13.4. The Morgan fingerprint density at radius 3 is 2.83 bits per heavy atom. The number of ether oxygens (including phenoxy) is 1. The standard InChI is InChI=1S/C22H28N4O3/c1-24-13-22-7-4-16(29-22)17(18(22)21(24)28)20(27)25-9-5-15(6-10-25)19-23-8-11-26(19)12-14-2-3-14/h4,7-8,11,14-18H,2-3,5-6,9-10,12-13H2,1H3/t16-,17-,18+,22-/m1/s1. The Morgan fingerprint density at radius 2 is 2.07 bits per heavy atom. The maximum atomic E-state index is 13.4. The molecule has 1 saturated carbocycles. The summed E-state index contributed by atoms with van der Waals surface area (Å²) in [5.74, 6) is 1.83. The van der Waals surface area contributed by atoms with E-state index in [0.29, 0.717) is 12.5 Å². The molecule has 1 aromatic rings. The summed E-state index contributed by atoms with van der Waals surface area (Å²) < 4.78 is 8.48. The lowest BCUT2D eigenvalue weighted by Crippen LogP contribution is -2.48. The first kappa shape index (κ1) is 17.7. The van der Waals surface area contributed by atoms with Gasteiger partial charge in [0.05, 0.1) is 24.5 Å². The molecule has 0 radical (unpaired) electrons. The monoisotopic (exact) mass is 396 g/mol. The highest BCUT2D eigenvalue weighted by molar-refractivity contribution is 5.92. The first-order chi connectivity index (χ1) is 14.1. The highest BCUT2D eigenvalue weighted by atomic mass is 16.5. The maximum Gasteiger partial charge on any atom is 0.229 e. The molecule has 1 spiro atoms. The number of likely N-dealkylation sites (N-methyl/N-ethyl adjacent to an activating group) is 1. The van der Waals surface area contributed by atoms with Crippen molar-refractivity contribution in [3.8, 4) is 0 Å². The largest absolute Gasteiger partial charge is 0.360 e. The second-order valence-electron chi connectivity index (χ2n) is 9.58. The Morgan fingerprint density at radius 1 is 1.28 bits per heavy atom. The molecule has 0 N–H and O–H groups in total. The fourth-order valence-corrected chi connectivity index (χ4v) is 5.96. The van der Waals surface area contributed by atoms with Crippen LogP contribution in [0.3, 0.4) is 0 Å². The molecule has 0 aromatic carbocycles. The third-order valence-corrected chi connectivity index (χ3v) is 7.65. The molecule has 4 aliphatic heterocycles. The van der Waals surface area contributed by atoms with E-state index in [9.17, 15) is 9.59 Å². The van der Waals surface area contributed by atoms with Crippen LogP contribution in [0, 0.1) is 17.8 Å². The summed E-state index contributed by atoms with van der Waals surface area (Å²) in [5, 5.41) is 0. The summed E-state index contributed by atoms with van der Waals surface area (Å²) >= 11 is 0. The van der Waals surface area contributed by atoms with E-state index in [-0.39, 0.29) is 29.8 Å². The molecule has 1 aromatic heterocycles. The van der Waals surface area contributed by atoms with Gasteiger partial charge in [-0.2, -0.15) is 0 Å². The van der Waals surface area contributed by atoms with Crippen molar-refractivity contribution in [2.75, 3.05) is 26.7 Å². The van der Waals surface area contributed by atoms with Crippen LogP contribution in [0.5, 0.6) is 0 Å². The molecular formula is C22H28N4O3. The quantitative estimate of drug-likeness (QED) is 0.722. The van der Waals surface area contributed by atoms with Crippen molar-refractivity contribution in [1.82, 2.24) is 19.4 Å². The van der Waals surface area contributed by atoms with E-state index in [4.69, 9.17) is 4.74 Å². The zero-order valence-corrected chi connectivity index (χ0v) is 16.9. The molecule has 3 saturated heterocycles. The number of fused-ring (bicyclic) bond motifs is 1. The number of amides is 2. The van der Waals surface area contributed by atoms with Crippen molar-refractivity contribution in [2.24, 2.45) is 17.8 Å². The second-order valence-corrected chi connectivity index (χ2v) is 9.58. The summed E-state index contributed by atoms with van der Waals surface area (Å²) in [6.07, 6.45) is 12.3. The number of carbonyl (C=O) groups is 2. The van der Waals surface area contributed by atoms with Crippen LogP contribution in [0.25, 0.3) is 0 Å². The molecular weight excluding hydrogens is 368 g/mol. The van der Waals surface area contributed by atoms with Gasteiger partial charge in [-0.15, -0.1) is 0 Å². The Balaban J connectivity index is 1.15. The fourth-order valence-electron chi connectivity index (χ4n) is 5.96. The number of piperidine rings is 1. The van der Waals surface area contributed by atoms with Crippen molar-refractivity contribution >= 4 is 11.8 Å². The van der Waals surface area contributed by atoms with E-state index >= 15 is 0 Å². The smallest absolute Gasteiger partial charge is 0.229 e. The van der Waals surface area contributed by atoms with Crippen LogP contribution < -0.4 is 0 Å². The van der Waals surface area contributed by atoms with Gasteiger partial charge in [0.25, 0.3) is 0 Å². The van der Waals surface area contributed by atoms with Gasteiger partial charge in [0.1, 0.15) is 11.4 Å². The predicted molar refractivity (Wildman–Crippen MR) is 105 cm³/mol. The van der Waals surface area contributed by atoms with Gasteiger partial charge < -0.3 is 19.1 Å². The van der Waals surface area contributed by atoms with Gasteiger partial charge in [0.2, 0.25) is 11.8 Å². The number of carbonyl (C=O) groups excluding carboxylic acids is 2. The third-order valence-electron chi connectivity index (χ3n) is 7.65. The van der Waals surface area contributed by atoms with Crippen LogP contribution in [-0.4, -0.2) is 69.6 Å². The zero-order chi connectivity index (χ0) is 19.8. The number of nitrogens with zero attached hydrogens (tertiary/aromatic N) is 4. The first-order valence-corrected chi connectivity index (χ1v) is 11.0. The van der Waals surface area contributed by atoms with Gasteiger partial charge in [-0.3, -0.25) is 9.59 Å². The van der Waals surface area contributed by atoms with Crippen LogP contribution in [-0.2, 0) is 20.9 Å². The van der Waals surface area contributed by atoms with E-state index in [1.807, 2.05) is 23.2 Å². The molecule has 5 heterocycles. The summed E-state index contributed by atoms with van der Waals surface area (Å²) in [6, 6.07) is 0. The number of hydrogen-bond donors (Lipinski definition) is 0. The molecule has 29 heavy (non-hydrogen) atoms. The molecule has 0 unspecified atom stereocenters. The molecule has 7 heteroatoms. The van der Waals surface area contributed by atoms with Gasteiger partial charge in [0.15, 0.2) is 0 Å². The summed E-state index contributed by atoms with van der Waals surface area (Å²) in [6.45, 7) is 3.10. The minimum atomic E-state index is -0.581. The Kier molecular flexibility index (Phi) is 3.77. The van der Waals surface area contributed by atoms with E-state index in [1.54, 1.807) is 11.9 Å². The van der Waals surface area contributed by atoms with Crippen molar-refractivity contribution in [3.05, 3.63) is 30.4 Å². The summed E-state index contributed by atoms with van der Waals surface area (Å²) in [5.41, 5.74) is -0.581. The van der Waals surface area contributed by atoms with Crippen molar-refractivity contribution in [1.29, 1.82) is 0 Å². The van der Waals surface area contributed by atoms with Crippen LogP contribution in [0.15, 0.2) is 24.5 Å². The topological polar surface area (TPSA) is 67.7 Å². The summed E-state index contributed by atoms with van der Waals surface area (Å²) in [4.78, 5) is 34.5. The Labute approximate surface area is 170 Å². The molecule has 2 amide bonds. The third kappa shape index (κ3) is 2.62. The number of likely N-dealkylation sites (tertiary alicyclic amines) is 2. The number of hydrogen-bond acceptors (Lipinski definition) is 4. The lowest BCUT2D eigenvalue weighted by atomic mass is 9.76. The van der Waals surface area contributed by atoms with Crippen LogP contribution in [0.1, 0.15) is 37.4 Å². The predicted octanol–water partition coefficient (Wildman–Crippen LogP) is 1.41. The molecule has 6 rings (SSSR count). The van der Waals surface area contributed by atoms with Crippen LogP contribution >= 0.6 is 0 Å². The SMILES string of the molecule is CN1C[C@@]23C=C[C@@H](O2)[C@@H](C(=O)N2CCC(c4nccn4CC4CC4)CC2)[C@H]3C1=O. The fraction of sp³-hybridized carbons (Fsp3) is 0.682. The molecule has 5 aliphatic rings. The van der Waals surface area contributed by atoms with Gasteiger partial charge >= 0.3 is 0 Å². The number of aromatic nitrogens is 2. The highest BCUT2D eigenvalue weighted by Crippen LogP contribution is 2.52. The van der Waals surface area contributed by atoms with Gasteiger partial charge in [-0.25, -0.2) is 4.98 Å². The first-order valence-electron chi connectivity index (χ1n) is 11.0. The van der Waals surface area contributed by atoms with Crippen LogP contribution in [0.4, 0.5) is 0 Å². The van der Waals surface area contributed by atoms with Gasteiger partial charge in [0, 0.05) is 45.0 Å². The molecule has 154 valence electrons. The van der Waals surface area contributed by atoms with Crippen molar-refractivity contribution < 1.29 is 14.3 Å². The Hall–Kier alpha value is -2.15. The molecule has 4 atom stereocenters. The van der Waals surface area contributed by atoms with Crippen molar-refractivity contribution in [2.45, 2.75) is 49.9 Å². The zero-order valence-electron chi connectivity index (χ0n) is 16.9. The number of imidazole rings is 1. The molecule has 2 bridgehead atoms. The van der Waals surface area contributed by atoms with Crippen LogP contribution in [0.2, 0.25) is 0 Å². The Bertz CT molecular complexity index is 882. The lowest BCUT2D eigenvalue weighted by molar-refractivity contribution is -0.143. The second kappa shape index (κ2) is 6.17. The molecule has 4 fully saturated rings. The van der Waals surface area contributed by atoms with Crippen molar-refractivity contribution in [3.63, 3.8) is 0 Å². The van der Waals surface area contributed by atoms with E-state index < -0.39 is 5.60 Å². The molecule has 7 nitrogen and oxygen atoms in total. The minimum absolute atomic E-state index is 0.0483. The lowest BCUT2D eigenvalue weighted by Gasteiger charge is -2.35. The highest BCUT2D eigenvalue weighted by Gasteiger charge is 2.66. The summed E-state index contributed by atoms with van der Waals surface area (Å²) in [7, 11) is 1.80. The normalized spacial score (nSPS) is 36.3. The number of rotatable bonds is 4. The van der Waals surface area contributed by atoms with E-state index in [0.717, 1.165) is 38.4 Å². The average molecular weight is 396 g/mol. The molecule has 1 aliphatic carbocycles. The van der Waals surface area contributed by atoms with Gasteiger partial charge in [-0.05, 0) is 31.6 Å². The average Bonchev–Trinajstić information content (AvgIpc) is 3.05. The van der Waals surface area contributed by atoms with Gasteiger partial charge in [-0.1, -0.05) is 12.2 Å². The minimum Gasteiger partial charge on any atom is -0.360 e. The van der Waals surface area contributed by atoms with E-state index in [1.165, 1.54) is 18.7 Å². The van der Waals surface area contributed by atoms with E-state index in [2.05, 4.69) is 15.7 Å².